The first-order valence-electron chi connectivity index (χ1n) is 8.69. The molecule has 0 aliphatic carbocycles. The van der Waals surface area contributed by atoms with Gasteiger partial charge in [-0.1, -0.05) is 30.3 Å². The Morgan fingerprint density at radius 1 is 1.33 bits per heavy atom. The van der Waals surface area contributed by atoms with Crippen molar-refractivity contribution >= 4 is 34.8 Å². The fraction of sp³-hybridized carbons (Fsp3) is 0.238. The topological polar surface area (TPSA) is 58.6 Å². The summed E-state index contributed by atoms with van der Waals surface area (Å²) in [5, 5.41) is 3.47. The molecule has 0 radical (unpaired) electrons. The molecule has 5 nitrogen and oxygen atoms in total. The van der Waals surface area contributed by atoms with E-state index in [1.807, 2.05) is 13.0 Å². The Kier molecular flexibility index (Phi) is 5.81. The van der Waals surface area contributed by atoms with Crippen LogP contribution in [0.25, 0.3) is 0 Å². The van der Waals surface area contributed by atoms with Crippen molar-refractivity contribution in [3.05, 3.63) is 65.7 Å². The minimum Gasteiger partial charge on any atom is -0.490 e. The van der Waals surface area contributed by atoms with Crippen LogP contribution in [0.4, 0.5) is 11.4 Å². The lowest BCUT2D eigenvalue weighted by Crippen LogP contribution is -2.28. The predicted octanol–water partition coefficient (Wildman–Crippen LogP) is 4.20. The molecule has 1 heterocycles. The highest BCUT2D eigenvalue weighted by Gasteiger charge is 2.35. The van der Waals surface area contributed by atoms with Crippen LogP contribution in [0.3, 0.4) is 0 Å². The Morgan fingerprint density at radius 3 is 2.78 bits per heavy atom. The average Bonchev–Trinajstić information content (AvgIpc) is 3.05. The maximum Gasteiger partial charge on any atom is 0.229 e. The molecule has 1 aliphatic heterocycles. The van der Waals surface area contributed by atoms with Crippen LogP contribution in [-0.2, 0) is 9.59 Å². The normalized spacial score (nSPS) is 16.3. The Bertz CT molecular complexity index is 864. The Hall–Kier alpha value is -2.79. The van der Waals surface area contributed by atoms with Crippen molar-refractivity contribution in [3.63, 3.8) is 0 Å². The van der Waals surface area contributed by atoms with Crippen molar-refractivity contribution in [2.45, 2.75) is 13.3 Å². The Labute approximate surface area is 163 Å². The zero-order chi connectivity index (χ0) is 19.4. The van der Waals surface area contributed by atoms with E-state index in [2.05, 4.69) is 11.9 Å². The number of nitrogens with zero attached hydrogens (tertiary/aromatic N) is 1. The van der Waals surface area contributed by atoms with Crippen LogP contribution in [-0.4, -0.2) is 25.0 Å². The molecule has 27 heavy (non-hydrogen) atoms. The van der Waals surface area contributed by atoms with E-state index in [0.29, 0.717) is 29.6 Å². The second kappa shape index (κ2) is 8.27. The number of hydrogen-bond acceptors (Lipinski definition) is 3. The van der Waals surface area contributed by atoms with Crippen LogP contribution >= 0.6 is 11.6 Å². The number of rotatable bonds is 6. The largest absolute Gasteiger partial charge is 0.490 e. The molecule has 3 rings (SSSR count). The van der Waals surface area contributed by atoms with Crippen LogP contribution in [0.15, 0.2) is 55.1 Å². The summed E-state index contributed by atoms with van der Waals surface area (Å²) in [5.74, 6) is 0.0399. The van der Waals surface area contributed by atoms with Crippen LogP contribution in [0.2, 0.25) is 5.02 Å². The highest BCUT2D eigenvalue weighted by molar-refractivity contribution is 6.31. The molecule has 0 spiro atoms. The molecular weight excluding hydrogens is 364 g/mol. The molecule has 2 aromatic rings. The zero-order valence-electron chi connectivity index (χ0n) is 15.1. The van der Waals surface area contributed by atoms with Crippen molar-refractivity contribution in [2.75, 3.05) is 23.4 Å². The third kappa shape index (κ3) is 4.31. The summed E-state index contributed by atoms with van der Waals surface area (Å²) in [4.78, 5) is 26.7. The number of benzene rings is 2. The number of hydrogen-bond donors (Lipinski definition) is 1. The second-order valence-electron chi connectivity index (χ2n) is 6.40. The molecule has 0 bridgehead atoms. The van der Waals surface area contributed by atoms with Gasteiger partial charge in [-0.15, -0.1) is 0 Å². The highest BCUT2D eigenvalue weighted by atomic mass is 35.5. The first-order valence-corrected chi connectivity index (χ1v) is 9.07. The van der Waals surface area contributed by atoms with Gasteiger partial charge in [0.1, 0.15) is 12.4 Å². The minimum atomic E-state index is -0.410. The van der Waals surface area contributed by atoms with Gasteiger partial charge in [0.2, 0.25) is 11.8 Å². The van der Waals surface area contributed by atoms with Gasteiger partial charge < -0.3 is 15.0 Å². The van der Waals surface area contributed by atoms with Gasteiger partial charge in [0, 0.05) is 29.4 Å². The summed E-state index contributed by atoms with van der Waals surface area (Å²) in [6, 6.07) is 12.5. The number of carbonyl (C=O) groups is 2. The molecular formula is C21H21ClN2O3. The maximum atomic E-state index is 12.6. The van der Waals surface area contributed by atoms with Gasteiger partial charge in [0.05, 0.1) is 5.92 Å². The van der Waals surface area contributed by atoms with Gasteiger partial charge >= 0.3 is 0 Å². The van der Waals surface area contributed by atoms with Gasteiger partial charge in [-0.25, -0.2) is 0 Å². The van der Waals surface area contributed by atoms with Crippen molar-refractivity contribution in [2.24, 2.45) is 5.92 Å². The second-order valence-corrected chi connectivity index (χ2v) is 6.81. The molecule has 1 N–H and O–H groups in total. The molecule has 1 saturated heterocycles. The summed E-state index contributed by atoms with van der Waals surface area (Å²) >= 11 is 6.16. The van der Waals surface area contributed by atoms with E-state index in [-0.39, 0.29) is 18.2 Å². The van der Waals surface area contributed by atoms with Crippen molar-refractivity contribution in [1.82, 2.24) is 0 Å². The lowest BCUT2D eigenvalue weighted by Gasteiger charge is -2.19. The Balaban J connectivity index is 1.65. The van der Waals surface area contributed by atoms with Gasteiger partial charge in [-0.2, -0.15) is 0 Å². The summed E-state index contributed by atoms with van der Waals surface area (Å²) < 4.78 is 5.42. The number of carbonyl (C=O) groups excluding carboxylic acids is 2. The van der Waals surface area contributed by atoms with Crippen molar-refractivity contribution in [3.8, 4) is 5.75 Å². The first kappa shape index (κ1) is 19.0. The Morgan fingerprint density at radius 2 is 2.07 bits per heavy atom. The van der Waals surface area contributed by atoms with Gasteiger partial charge in [0.15, 0.2) is 0 Å². The SMILES string of the molecule is C=CCOc1ccc(NC(=O)[C@@H]2CC(=O)N(c3cccc(Cl)c3C)C2)cc1. The summed E-state index contributed by atoms with van der Waals surface area (Å²) in [7, 11) is 0. The lowest BCUT2D eigenvalue weighted by atomic mass is 10.1. The van der Waals surface area contributed by atoms with E-state index in [1.54, 1.807) is 47.4 Å². The molecule has 2 aromatic carbocycles. The molecule has 0 saturated carbocycles. The quantitative estimate of drug-likeness (QED) is 0.759. The van der Waals surface area contributed by atoms with Crippen LogP contribution in [0.1, 0.15) is 12.0 Å². The minimum absolute atomic E-state index is 0.0753. The average molecular weight is 385 g/mol. The van der Waals surface area contributed by atoms with Gasteiger partial charge in [-0.3, -0.25) is 9.59 Å². The predicted molar refractivity (Wildman–Crippen MR) is 107 cm³/mol. The lowest BCUT2D eigenvalue weighted by molar-refractivity contribution is -0.122. The van der Waals surface area contributed by atoms with E-state index in [0.717, 1.165) is 11.3 Å². The molecule has 2 amide bonds. The summed E-state index contributed by atoms with van der Waals surface area (Å²) in [6.07, 6.45) is 1.85. The third-order valence-electron chi connectivity index (χ3n) is 4.52. The van der Waals surface area contributed by atoms with Crippen LogP contribution in [0, 0.1) is 12.8 Å². The van der Waals surface area contributed by atoms with E-state index >= 15 is 0 Å². The zero-order valence-corrected chi connectivity index (χ0v) is 15.8. The maximum absolute atomic E-state index is 12.6. The van der Waals surface area contributed by atoms with Crippen molar-refractivity contribution in [1.29, 1.82) is 0 Å². The monoisotopic (exact) mass is 384 g/mol. The molecule has 1 fully saturated rings. The van der Waals surface area contributed by atoms with Gasteiger partial charge in [0.25, 0.3) is 0 Å². The fourth-order valence-electron chi connectivity index (χ4n) is 3.04. The van der Waals surface area contributed by atoms with E-state index in [9.17, 15) is 9.59 Å². The molecule has 140 valence electrons. The van der Waals surface area contributed by atoms with Crippen LogP contribution in [0.5, 0.6) is 5.75 Å². The molecule has 1 atom stereocenters. The van der Waals surface area contributed by atoms with E-state index in [4.69, 9.17) is 16.3 Å². The smallest absolute Gasteiger partial charge is 0.229 e. The molecule has 1 aliphatic rings. The molecule has 0 aromatic heterocycles. The highest BCUT2D eigenvalue weighted by Crippen LogP contribution is 2.31. The number of nitrogens with one attached hydrogen (secondary N) is 1. The van der Waals surface area contributed by atoms with E-state index in [1.165, 1.54) is 0 Å². The number of anilines is 2. The fourth-order valence-corrected chi connectivity index (χ4v) is 3.21. The summed E-state index contributed by atoms with van der Waals surface area (Å²) in [6.45, 7) is 6.23. The third-order valence-corrected chi connectivity index (χ3v) is 4.92. The summed E-state index contributed by atoms with van der Waals surface area (Å²) in [5.41, 5.74) is 2.26. The van der Waals surface area contributed by atoms with Crippen molar-refractivity contribution < 1.29 is 14.3 Å². The number of ether oxygens (including phenoxy) is 1. The standard InChI is InChI=1S/C21H21ClN2O3/c1-3-11-27-17-9-7-16(8-10-17)23-21(26)15-12-20(25)24(13-15)19-6-4-5-18(22)14(19)2/h3-10,15H,1,11-13H2,2H3,(H,23,26)/t15-/m1/s1. The molecule has 0 unspecified atom stereocenters. The molecule has 6 heteroatoms. The van der Waals surface area contributed by atoms with E-state index < -0.39 is 5.92 Å². The first-order chi connectivity index (χ1) is 13.0. The van der Waals surface area contributed by atoms with Crippen LogP contribution < -0.4 is 15.0 Å². The number of amides is 2. The number of halogens is 1. The van der Waals surface area contributed by atoms with Gasteiger partial charge in [-0.05, 0) is 48.9 Å².